The molecule has 0 bridgehead atoms. The van der Waals surface area contributed by atoms with Gasteiger partial charge in [0.05, 0.1) is 4.58 Å². The molecule has 1 aliphatic rings. The van der Waals surface area contributed by atoms with E-state index in [1.807, 2.05) is 11.8 Å². The first-order valence-electron chi connectivity index (χ1n) is 8.73. The monoisotopic (exact) mass is 420 g/mol. The molecule has 0 N–H and O–H groups in total. The summed E-state index contributed by atoms with van der Waals surface area (Å²) in [6.07, 6.45) is 1.20. The SMILES string of the molecule is C=C(C)C(=O)SCSC(C)CC1CSC(c2ccc3ccccc3c2)S1. The molecule has 1 fully saturated rings. The van der Waals surface area contributed by atoms with Crippen LogP contribution in [-0.2, 0) is 4.79 Å². The van der Waals surface area contributed by atoms with Gasteiger partial charge in [-0.15, -0.1) is 35.3 Å². The summed E-state index contributed by atoms with van der Waals surface area (Å²) < 4.78 is 0.543. The van der Waals surface area contributed by atoms with Crippen molar-refractivity contribution in [2.45, 2.75) is 35.4 Å². The summed E-state index contributed by atoms with van der Waals surface area (Å²) in [6.45, 7) is 7.77. The molecule has 0 radical (unpaired) electrons. The Bertz CT molecular complexity index is 788. The fraction of sp³-hybridized carbons (Fsp3) is 0.381. The Morgan fingerprint density at radius 2 is 2.04 bits per heavy atom. The molecule has 0 aliphatic carbocycles. The summed E-state index contributed by atoms with van der Waals surface area (Å²) in [5.41, 5.74) is 2.08. The van der Waals surface area contributed by atoms with Crippen molar-refractivity contribution in [1.29, 1.82) is 0 Å². The van der Waals surface area contributed by atoms with E-state index in [0.717, 1.165) is 5.08 Å². The van der Waals surface area contributed by atoms with Gasteiger partial charge in [-0.25, -0.2) is 0 Å². The zero-order valence-corrected chi connectivity index (χ0v) is 18.4. The standard InChI is InChI=1S/C21H24OS4/c1-14(2)20(22)25-13-24-15(3)10-19-12-23-21(26-19)18-9-8-16-6-4-5-7-17(16)11-18/h4-9,11,15,19,21H,1,10,12-13H2,2-3H3. The first-order chi connectivity index (χ1) is 12.5. The summed E-state index contributed by atoms with van der Waals surface area (Å²) in [7, 11) is 0. The van der Waals surface area contributed by atoms with Crippen LogP contribution in [0.2, 0.25) is 0 Å². The van der Waals surface area contributed by atoms with Crippen molar-refractivity contribution in [3.8, 4) is 0 Å². The van der Waals surface area contributed by atoms with Crippen LogP contribution in [0.1, 0.15) is 30.4 Å². The van der Waals surface area contributed by atoms with E-state index in [1.165, 1.54) is 40.3 Å². The number of hydrogen-bond acceptors (Lipinski definition) is 5. The third kappa shape index (κ3) is 5.51. The molecule has 1 nitrogen and oxygen atoms in total. The third-order valence-corrected chi connectivity index (χ3v) is 10.1. The minimum absolute atomic E-state index is 0.117. The second kappa shape index (κ2) is 9.63. The summed E-state index contributed by atoms with van der Waals surface area (Å²) in [5.74, 6) is 1.21. The van der Waals surface area contributed by atoms with E-state index in [0.29, 0.717) is 20.7 Å². The number of thioether (sulfide) groups is 4. The maximum Gasteiger partial charge on any atom is 0.215 e. The van der Waals surface area contributed by atoms with Gasteiger partial charge in [0.2, 0.25) is 5.12 Å². The molecule has 0 saturated carbocycles. The molecule has 2 aromatic rings. The van der Waals surface area contributed by atoms with Crippen molar-refractivity contribution in [1.82, 2.24) is 0 Å². The number of fused-ring (bicyclic) bond motifs is 1. The van der Waals surface area contributed by atoms with Crippen LogP contribution >= 0.6 is 47.0 Å². The summed E-state index contributed by atoms with van der Waals surface area (Å²) in [4.78, 5) is 11.6. The number of hydrogen-bond donors (Lipinski definition) is 0. The normalized spacial score (nSPS) is 21.0. The van der Waals surface area contributed by atoms with Gasteiger partial charge in [-0.2, -0.15) is 0 Å². The summed E-state index contributed by atoms with van der Waals surface area (Å²) in [6, 6.07) is 15.5. The molecule has 0 spiro atoms. The highest BCUT2D eigenvalue weighted by molar-refractivity contribution is 8.24. The van der Waals surface area contributed by atoms with Crippen molar-refractivity contribution >= 4 is 62.9 Å². The van der Waals surface area contributed by atoms with Crippen molar-refractivity contribution in [3.63, 3.8) is 0 Å². The van der Waals surface area contributed by atoms with Gasteiger partial charge in [0.25, 0.3) is 0 Å². The molecule has 0 aromatic heterocycles. The van der Waals surface area contributed by atoms with Crippen LogP contribution in [0, 0.1) is 0 Å². The highest BCUT2D eigenvalue weighted by Crippen LogP contribution is 2.51. The maximum atomic E-state index is 11.6. The van der Waals surface area contributed by atoms with Crippen LogP contribution < -0.4 is 0 Å². The third-order valence-electron chi connectivity index (χ3n) is 4.28. The Morgan fingerprint density at radius 1 is 1.27 bits per heavy atom. The number of benzene rings is 2. The van der Waals surface area contributed by atoms with Crippen LogP contribution in [0.4, 0.5) is 0 Å². The van der Waals surface area contributed by atoms with E-state index in [4.69, 9.17) is 0 Å². The van der Waals surface area contributed by atoms with E-state index >= 15 is 0 Å². The molecule has 26 heavy (non-hydrogen) atoms. The first kappa shape index (κ1) is 20.2. The minimum Gasteiger partial charge on any atom is -0.282 e. The minimum atomic E-state index is 0.117. The lowest BCUT2D eigenvalue weighted by Crippen LogP contribution is -2.10. The van der Waals surface area contributed by atoms with Gasteiger partial charge < -0.3 is 0 Å². The Morgan fingerprint density at radius 3 is 2.81 bits per heavy atom. The van der Waals surface area contributed by atoms with Gasteiger partial charge >= 0.3 is 0 Å². The van der Waals surface area contributed by atoms with Gasteiger partial charge in [-0.05, 0) is 41.3 Å². The summed E-state index contributed by atoms with van der Waals surface area (Å²) in [5, 5.41) is 4.86. The average Bonchev–Trinajstić information content (AvgIpc) is 3.09. The topological polar surface area (TPSA) is 17.1 Å². The molecular weight excluding hydrogens is 396 g/mol. The molecule has 2 aromatic carbocycles. The second-order valence-electron chi connectivity index (χ2n) is 6.57. The lowest BCUT2D eigenvalue weighted by molar-refractivity contribution is -0.107. The lowest BCUT2D eigenvalue weighted by Gasteiger charge is -2.16. The van der Waals surface area contributed by atoms with E-state index in [9.17, 15) is 4.79 Å². The molecule has 3 unspecified atom stereocenters. The maximum absolute atomic E-state index is 11.6. The Kier molecular flexibility index (Phi) is 7.50. The van der Waals surface area contributed by atoms with E-state index in [1.54, 1.807) is 6.92 Å². The number of carbonyl (C=O) groups is 1. The Labute approximate surface area is 173 Å². The van der Waals surface area contributed by atoms with Crippen LogP contribution in [0.5, 0.6) is 0 Å². The van der Waals surface area contributed by atoms with Gasteiger partial charge in [0.1, 0.15) is 0 Å². The fourth-order valence-corrected chi connectivity index (χ4v) is 8.72. The highest BCUT2D eigenvalue weighted by atomic mass is 32.2. The number of carbonyl (C=O) groups excluding carboxylic acids is 1. The van der Waals surface area contributed by atoms with Gasteiger partial charge in [-0.3, -0.25) is 4.79 Å². The highest BCUT2D eigenvalue weighted by Gasteiger charge is 2.28. The molecule has 138 valence electrons. The van der Waals surface area contributed by atoms with Crippen molar-refractivity contribution < 1.29 is 4.79 Å². The predicted octanol–water partition coefficient (Wildman–Crippen LogP) is 6.99. The summed E-state index contributed by atoms with van der Waals surface area (Å²) >= 11 is 7.44. The average molecular weight is 421 g/mol. The smallest absolute Gasteiger partial charge is 0.215 e. The molecule has 0 amide bonds. The lowest BCUT2D eigenvalue weighted by atomic mass is 10.1. The van der Waals surface area contributed by atoms with Crippen molar-refractivity contribution in [3.05, 3.63) is 60.2 Å². The van der Waals surface area contributed by atoms with Crippen molar-refractivity contribution in [2.75, 3.05) is 10.8 Å². The van der Waals surface area contributed by atoms with Crippen LogP contribution in [-0.4, -0.2) is 26.5 Å². The fourth-order valence-electron chi connectivity index (χ4n) is 2.87. The Balaban J connectivity index is 1.48. The zero-order chi connectivity index (χ0) is 18.5. The molecule has 3 rings (SSSR count). The van der Waals surface area contributed by atoms with E-state index in [2.05, 4.69) is 79.5 Å². The molecule has 1 saturated heterocycles. The quantitative estimate of drug-likeness (QED) is 0.353. The second-order valence-corrected chi connectivity index (χ2v) is 12.2. The molecule has 1 aliphatic heterocycles. The Hall–Kier alpha value is -0.490. The molecular formula is C21H24OS4. The van der Waals surface area contributed by atoms with Gasteiger partial charge in [0.15, 0.2) is 0 Å². The predicted molar refractivity (Wildman–Crippen MR) is 124 cm³/mol. The van der Waals surface area contributed by atoms with Crippen LogP contribution in [0.3, 0.4) is 0 Å². The van der Waals surface area contributed by atoms with E-state index in [-0.39, 0.29) is 5.12 Å². The molecule has 3 atom stereocenters. The van der Waals surface area contributed by atoms with Gasteiger partial charge in [-0.1, -0.05) is 61.7 Å². The van der Waals surface area contributed by atoms with Crippen LogP contribution in [0.15, 0.2) is 54.6 Å². The molecule has 1 heterocycles. The first-order valence-corrected chi connectivity index (χ1v) is 12.8. The number of rotatable bonds is 7. The zero-order valence-electron chi connectivity index (χ0n) is 15.1. The van der Waals surface area contributed by atoms with Crippen molar-refractivity contribution in [2.24, 2.45) is 0 Å². The largest absolute Gasteiger partial charge is 0.282 e. The van der Waals surface area contributed by atoms with Crippen LogP contribution in [0.25, 0.3) is 10.8 Å². The van der Waals surface area contributed by atoms with Gasteiger partial charge in [0, 0.05) is 21.3 Å². The van der Waals surface area contributed by atoms with E-state index < -0.39 is 0 Å². The molecule has 5 heteroatoms.